The molecule has 1 fully saturated rings. The number of rotatable bonds is 5. The van der Waals surface area contributed by atoms with Crippen molar-refractivity contribution in [3.63, 3.8) is 0 Å². The molecule has 0 aliphatic carbocycles. The molecule has 0 atom stereocenters. The highest BCUT2D eigenvalue weighted by atomic mass is 19.1. The molecule has 3 rings (SSSR count). The van der Waals surface area contributed by atoms with Gasteiger partial charge in [0.25, 0.3) is 5.91 Å². The molecule has 6 heteroatoms. The van der Waals surface area contributed by atoms with E-state index in [-0.39, 0.29) is 23.5 Å². The van der Waals surface area contributed by atoms with Crippen LogP contribution < -0.4 is 5.43 Å². The zero-order valence-corrected chi connectivity index (χ0v) is 16.8. The fraction of sp³-hybridized carbons (Fsp3) is 0.348. The molecule has 0 aromatic heterocycles. The van der Waals surface area contributed by atoms with Gasteiger partial charge in [-0.15, -0.1) is 0 Å². The molecule has 2 amide bonds. The van der Waals surface area contributed by atoms with Crippen LogP contribution in [0.5, 0.6) is 0 Å². The van der Waals surface area contributed by atoms with E-state index in [1.807, 2.05) is 12.1 Å². The Kier molecular flexibility index (Phi) is 6.75. The van der Waals surface area contributed by atoms with Gasteiger partial charge >= 0.3 is 0 Å². The summed E-state index contributed by atoms with van der Waals surface area (Å²) in [5, 5.41) is 4.06. The number of halogens is 1. The molecule has 0 radical (unpaired) electrons. The molecule has 29 heavy (non-hydrogen) atoms. The van der Waals surface area contributed by atoms with Crippen LogP contribution in [0.15, 0.2) is 53.6 Å². The first-order valence-corrected chi connectivity index (χ1v) is 9.92. The molecule has 0 spiro atoms. The van der Waals surface area contributed by atoms with Gasteiger partial charge in [0.15, 0.2) is 0 Å². The van der Waals surface area contributed by atoms with E-state index in [0.717, 1.165) is 5.56 Å². The highest BCUT2D eigenvalue weighted by molar-refractivity contribution is 5.94. The Balaban J connectivity index is 1.47. The van der Waals surface area contributed by atoms with Gasteiger partial charge in [0.1, 0.15) is 5.82 Å². The Morgan fingerprint density at radius 2 is 1.69 bits per heavy atom. The van der Waals surface area contributed by atoms with Crippen molar-refractivity contribution in [2.24, 2.45) is 11.0 Å². The molecule has 2 aromatic rings. The van der Waals surface area contributed by atoms with Crippen molar-refractivity contribution >= 4 is 18.0 Å². The van der Waals surface area contributed by atoms with E-state index in [1.54, 1.807) is 11.1 Å². The molecule has 5 nitrogen and oxygen atoms in total. The van der Waals surface area contributed by atoms with E-state index < -0.39 is 0 Å². The number of hydrazone groups is 1. The Hall–Kier alpha value is -3.02. The maximum absolute atomic E-state index is 13.0. The molecule has 0 unspecified atom stereocenters. The summed E-state index contributed by atoms with van der Waals surface area (Å²) < 4.78 is 13.0. The third-order valence-electron chi connectivity index (χ3n) is 5.24. The van der Waals surface area contributed by atoms with Crippen LogP contribution in [0.25, 0.3) is 0 Å². The fourth-order valence-electron chi connectivity index (χ4n) is 3.35. The normalized spacial score (nSPS) is 15.1. The minimum absolute atomic E-state index is 0.131. The van der Waals surface area contributed by atoms with Crippen molar-refractivity contribution in [2.45, 2.75) is 32.6 Å². The van der Waals surface area contributed by atoms with E-state index in [0.29, 0.717) is 37.4 Å². The lowest BCUT2D eigenvalue weighted by molar-refractivity contribution is -0.126. The summed E-state index contributed by atoms with van der Waals surface area (Å²) in [4.78, 5) is 26.5. The monoisotopic (exact) mass is 395 g/mol. The number of hydrogen-bond acceptors (Lipinski definition) is 3. The number of carbonyl (C=O) groups is 2. The second-order valence-electron chi connectivity index (χ2n) is 7.63. The van der Waals surface area contributed by atoms with Gasteiger partial charge < -0.3 is 4.90 Å². The summed E-state index contributed by atoms with van der Waals surface area (Å²) in [5.41, 5.74) is 5.25. The summed E-state index contributed by atoms with van der Waals surface area (Å²) in [6.07, 6.45) is 2.80. The molecule has 1 saturated heterocycles. The van der Waals surface area contributed by atoms with Crippen LogP contribution in [0, 0.1) is 11.7 Å². The van der Waals surface area contributed by atoms with E-state index in [9.17, 15) is 14.0 Å². The van der Waals surface area contributed by atoms with Crippen LogP contribution in [-0.4, -0.2) is 36.0 Å². The summed E-state index contributed by atoms with van der Waals surface area (Å²) >= 11 is 0. The average molecular weight is 395 g/mol. The maximum atomic E-state index is 13.0. The Morgan fingerprint density at radius 1 is 1.07 bits per heavy atom. The average Bonchev–Trinajstić information content (AvgIpc) is 2.74. The van der Waals surface area contributed by atoms with Gasteiger partial charge in [-0.1, -0.05) is 38.1 Å². The molecular formula is C23H26FN3O2. The van der Waals surface area contributed by atoms with Crippen molar-refractivity contribution in [3.8, 4) is 0 Å². The van der Waals surface area contributed by atoms with Crippen LogP contribution in [0.2, 0.25) is 0 Å². The zero-order valence-electron chi connectivity index (χ0n) is 16.8. The fourth-order valence-corrected chi connectivity index (χ4v) is 3.35. The zero-order chi connectivity index (χ0) is 20.8. The van der Waals surface area contributed by atoms with E-state index in [2.05, 4.69) is 36.5 Å². The van der Waals surface area contributed by atoms with Gasteiger partial charge in [0, 0.05) is 24.6 Å². The first kappa shape index (κ1) is 20.7. The predicted molar refractivity (Wildman–Crippen MR) is 111 cm³/mol. The van der Waals surface area contributed by atoms with Crippen LogP contribution in [-0.2, 0) is 4.79 Å². The number of carbonyl (C=O) groups excluding carboxylic acids is 2. The summed E-state index contributed by atoms with van der Waals surface area (Å²) in [7, 11) is 0. The number of hydrogen-bond donors (Lipinski definition) is 1. The van der Waals surface area contributed by atoms with Gasteiger partial charge in [0.05, 0.1) is 6.21 Å². The summed E-state index contributed by atoms with van der Waals surface area (Å²) in [6, 6.07) is 13.6. The molecule has 1 aliphatic heterocycles. The van der Waals surface area contributed by atoms with Crippen molar-refractivity contribution in [1.29, 1.82) is 0 Å². The number of amides is 2. The number of likely N-dealkylation sites (tertiary alicyclic amines) is 1. The van der Waals surface area contributed by atoms with Gasteiger partial charge in [-0.25, -0.2) is 9.82 Å². The predicted octanol–water partition coefficient (Wildman–Crippen LogP) is 3.95. The third-order valence-corrected chi connectivity index (χ3v) is 5.24. The van der Waals surface area contributed by atoms with Crippen LogP contribution >= 0.6 is 0 Å². The minimum Gasteiger partial charge on any atom is -0.339 e. The van der Waals surface area contributed by atoms with Gasteiger partial charge in [-0.2, -0.15) is 5.10 Å². The van der Waals surface area contributed by atoms with Crippen molar-refractivity contribution in [1.82, 2.24) is 10.3 Å². The first-order valence-electron chi connectivity index (χ1n) is 9.92. The molecular weight excluding hydrogens is 369 g/mol. The lowest BCUT2D eigenvalue weighted by Gasteiger charge is -2.31. The van der Waals surface area contributed by atoms with E-state index in [4.69, 9.17) is 0 Å². The molecule has 1 aliphatic rings. The molecule has 0 saturated carbocycles. The number of piperidine rings is 1. The Morgan fingerprint density at radius 3 is 2.28 bits per heavy atom. The van der Waals surface area contributed by atoms with Crippen LogP contribution in [0.1, 0.15) is 54.1 Å². The van der Waals surface area contributed by atoms with Gasteiger partial charge in [-0.3, -0.25) is 9.59 Å². The Bertz CT molecular complexity index is 868. The van der Waals surface area contributed by atoms with Crippen molar-refractivity contribution < 1.29 is 14.0 Å². The van der Waals surface area contributed by atoms with Gasteiger partial charge in [0.2, 0.25) is 5.91 Å². The smallest absolute Gasteiger partial charge is 0.253 e. The molecule has 152 valence electrons. The lowest BCUT2D eigenvalue weighted by Crippen LogP contribution is -2.42. The highest BCUT2D eigenvalue weighted by Gasteiger charge is 2.27. The second-order valence-corrected chi connectivity index (χ2v) is 7.63. The SMILES string of the molecule is CC(C)c1ccc(/C=N\NC(=O)C2CCN(C(=O)c3ccc(F)cc3)CC2)cc1. The van der Waals surface area contributed by atoms with E-state index in [1.165, 1.54) is 29.8 Å². The summed E-state index contributed by atoms with van der Waals surface area (Å²) in [5.74, 6) is -0.330. The van der Waals surface area contributed by atoms with Crippen LogP contribution in [0.4, 0.5) is 4.39 Å². The number of benzene rings is 2. The third kappa shape index (κ3) is 5.50. The molecule has 2 aromatic carbocycles. The second kappa shape index (κ2) is 9.45. The highest BCUT2D eigenvalue weighted by Crippen LogP contribution is 2.19. The largest absolute Gasteiger partial charge is 0.339 e. The van der Waals surface area contributed by atoms with Crippen LogP contribution in [0.3, 0.4) is 0 Å². The maximum Gasteiger partial charge on any atom is 0.253 e. The lowest BCUT2D eigenvalue weighted by atomic mass is 9.95. The molecule has 0 bridgehead atoms. The van der Waals surface area contributed by atoms with Crippen molar-refractivity contribution in [2.75, 3.05) is 13.1 Å². The van der Waals surface area contributed by atoms with Gasteiger partial charge in [-0.05, 0) is 54.2 Å². The first-order chi connectivity index (χ1) is 13.9. The molecule has 1 N–H and O–H groups in total. The number of nitrogens with one attached hydrogen (secondary N) is 1. The van der Waals surface area contributed by atoms with Crippen molar-refractivity contribution in [3.05, 3.63) is 71.0 Å². The standard InChI is InChI=1S/C23H26FN3O2/c1-16(2)18-5-3-17(4-6-18)15-25-26-22(28)19-11-13-27(14-12-19)23(29)20-7-9-21(24)10-8-20/h3-10,15-16,19H,11-14H2,1-2H3,(H,26,28)/b25-15-. The summed E-state index contributed by atoms with van der Waals surface area (Å²) in [6.45, 7) is 5.27. The molecule has 1 heterocycles. The quantitative estimate of drug-likeness (QED) is 0.615. The van der Waals surface area contributed by atoms with E-state index >= 15 is 0 Å². The number of nitrogens with zero attached hydrogens (tertiary/aromatic N) is 2. The minimum atomic E-state index is -0.367. The Labute approximate surface area is 170 Å². The topological polar surface area (TPSA) is 61.8 Å².